The van der Waals surface area contributed by atoms with Gasteiger partial charge < -0.3 is 10.6 Å². The lowest BCUT2D eigenvalue weighted by Crippen LogP contribution is -2.49. The summed E-state index contributed by atoms with van der Waals surface area (Å²) < 4.78 is 0. The van der Waals surface area contributed by atoms with E-state index in [2.05, 4.69) is 24.9 Å². The summed E-state index contributed by atoms with van der Waals surface area (Å²) in [5.74, 6) is 0.921. The second kappa shape index (κ2) is 5.65. The van der Waals surface area contributed by atoms with Crippen LogP contribution < -0.4 is 5.73 Å². The predicted molar refractivity (Wildman–Crippen MR) is 66.9 cm³/mol. The summed E-state index contributed by atoms with van der Waals surface area (Å²) in [6.45, 7) is 4.76. The maximum atomic E-state index is 8.92. The molecule has 0 aliphatic heterocycles. The van der Waals surface area contributed by atoms with Gasteiger partial charge in [-0.25, -0.2) is 0 Å². The van der Waals surface area contributed by atoms with E-state index < -0.39 is 5.54 Å². The van der Waals surface area contributed by atoms with Crippen molar-refractivity contribution in [2.75, 3.05) is 13.6 Å². The molecule has 16 heavy (non-hydrogen) atoms. The molecule has 0 spiro atoms. The molecule has 1 atom stereocenters. The third-order valence-corrected chi connectivity index (χ3v) is 3.85. The quantitative estimate of drug-likeness (QED) is 0.794. The number of nitrogens with zero attached hydrogens (tertiary/aromatic N) is 2. The van der Waals surface area contributed by atoms with Crippen molar-refractivity contribution in [1.82, 2.24) is 4.90 Å². The summed E-state index contributed by atoms with van der Waals surface area (Å²) in [7, 11) is 2.10. The van der Waals surface area contributed by atoms with E-state index in [9.17, 15) is 0 Å². The van der Waals surface area contributed by atoms with Crippen molar-refractivity contribution in [3.8, 4) is 6.07 Å². The normalized spacial score (nSPS) is 29.8. The van der Waals surface area contributed by atoms with Gasteiger partial charge >= 0.3 is 0 Å². The van der Waals surface area contributed by atoms with Crippen molar-refractivity contribution in [2.24, 2.45) is 11.7 Å². The molecule has 3 nitrogen and oxygen atoms in total. The summed E-state index contributed by atoms with van der Waals surface area (Å²) in [6.07, 6.45) is 6.49. The van der Waals surface area contributed by atoms with Gasteiger partial charge in [-0.3, -0.25) is 0 Å². The largest absolute Gasteiger partial charge is 0.313 e. The molecule has 1 rings (SSSR count). The summed E-state index contributed by atoms with van der Waals surface area (Å²) >= 11 is 0. The predicted octanol–water partition coefficient (Wildman–Crippen LogP) is 2.13. The van der Waals surface area contributed by atoms with Crippen LogP contribution in [0.1, 0.15) is 46.0 Å². The molecule has 2 N–H and O–H groups in total. The molecule has 1 fully saturated rings. The van der Waals surface area contributed by atoms with E-state index in [1.165, 1.54) is 32.1 Å². The van der Waals surface area contributed by atoms with Crippen LogP contribution in [0.3, 0.4) is 0 Å². The topological polar surface area (TPSA) is 53.0 Å². The number of rotatable bonds is 4. The summed E-state index contributed by atoms with van der Waals surface area (Å²) in [4.78, 5) is 2.27. The second-order valence-electron chi connectivity index (χ2n) is 5.53. The molecule has 1 saturated carbocycles. The van der Waals surface area contributed by atoms with Crippen LogP contribution in [0.15, 0.2) is 0 Å². The van der Waals surface area contributed by atoms with Gasteiger partial charge in [0.25, 0.3) is 0 Å². The van der Waals surface area contributed by atoms with Crippen molar-refractivity contribution in [3.05, 3.63) is 0 Å². The molecular weight excluding hydrogens is 198 g/mol. The molecule has 0 aromatic carbocycles. The van der Waals surface area contributed by atoms with Crippen molar-refractivity contribution in [3.63, 3.8) is 0 Å². The molecule has 1 aliphatic rings. The van der Waals surface area contributed by atoms with Crippen LogP contribution in [0.25, 0.3) is 0 Å². The molecule has 0 aromatic rings. The Labute approximate surface area is 99.6 Å². The SMILES string of the molecule is CCC1CCC(N(C)CC(C)(N)C#N)CC1. The first-order valence-corrected chi connectivity index (χ1v) is 6.39. The van der Waals surface area contributed by atoms with Crippen molar-refractivity contribution >= 4 is 0 Å². The third-order valence-electron chi connectivity index (χ3n) is 3.85. The summed E-state index contributed by atoms with van der Waals surface area (Å²) in [6, 6.07) is 2.79. The Morgan fingerprint density at radius 3 is 2.38 bits per heavy atom. The second-order valence-corrected chi connectivity index (χ2v) is 5.53. The number of hydrogen-bond acceptors (Lipinski definition) is 3. The van der Waals surface area contributed by atoms with Crippen LogP contribution in [-0.4, -0.2) is 30.1 Å². The van der Waals surface area contributed by atoms with Gasteiger partial charge in [-0.15, -0.1) is 0 Å². The lowest BCUT2D eigenvalue weighted by molar-refractivity contribution is 0.149. The van der Waals surface area contributed by atoms with Gasteiger partial charge in [-0.1, -0.05) is 13.3 Å². The lowest BCUT2D eigenvalue weighted by atomic mass is 9.84. The van der Waals surface area contributed by atoms with E-state index in [0.717, 1.165) is 5.92 Å². The zero-order valence-corrected chi connectivity index (χ0v) is 10.9. The Hall–Kier alpha value is -0.590. The standard InChI is InChI=1S/C13H25N3/c1-4-11-5-7-12(8-6-11)16(3)10-13(2,15)9-14/h11-12H,4-8,10,15H2,1-3H3. The third kappa shape index (κ3) is 3.77. The molecule has 0 amide bonds. The molecule has 0 bridgehead atoms. The maximum Gasteiger partial charge on any atom is 0.114 e. The molecule has 3 heteroatoms. The highest BCUT2D eigenvalue weighted by atomic mass is 15.1. The van der Waals surface area contributed by atoms with Gasteiger partial charge in [-0.05, 0) is 45.6 Å². The molecule has 92 valence electrons. The van der Waals surface area contributed by atoms with Gasteiger partial charge in [0, 0.05) is 12.6 Å². The average molecular weight is 223 g/mol. The van der Waals surface area contributed by atoms with Crippen molar-refractivity contribution in [2.45, 2.75) is 57.5 Å². The first kappa shape index (κ1) is 13.5. The van der Waals surface area contributed by atoms with E-state index in [1.807, 2.05) is 0 Å². The summed E-state index contributed by atoms with van der Waals surface area (Å²) in [5.41, 5.74) is 5.16. The molecule has 0 aromatic heterocycles. The molecular formula is C13H25N3. The van der Waals surface area contributed by atoms with Crippen LogP contribution in [0.2, 0.25) is 0 Å². The average Bonchev–Trinajstić information content (AvgIpc) is 2.28. The maximum absolute atomic E-state index is 8.92. The highest BCUT2D eigenvalue weighted by Crippen LogP contribution is 2.29. The minimum atomic E-state index is -0.712. The lowest BCUT2D eigenvalue weighted by Gasteiger charge is -2.36. The number of nitriles is 1. The molecule has 1 aliphatic carbocycles. The van der Waals surface area contributed by atoms with Crippen molar-refractivity contribution in [1.29, 1.82) is 5.26 Å². The van der Waals surface area contributed by atoms with E-state index >= 15 is 0 Å². The van der Waals surface area contributed by atoms with Gasteiger partial charge in [0.15, 0.2) is 0 Å². The van der Waals surface area contributed by atoms with Crippen LogP contribution in [-0.2, 0) is 0 Å². The number of likely N-dealkylation sites (N-methyl/N-ethyl adjacent to an activating group) is 1. The van der Waals surface area contributed by atoms with E-state index in [4.69, 9.17) is 11.0 Å². The Morgan fingerprint density at radius 1 is 1.38 bits per heavy atom. The van der Waals surface area contributed by atoms with Crippen LogP contribution in [0, 0.1) is 17.2 Å². The monoisotopic (exact) mass is 223 g/mol. The Morgan fingerprint density at radius 2 is 1.94 bits per heavy atom. The van der Waals surface area contributed by atoms with Gasteiger partial charge in [-0.2, -0.15) is 5.26 Å². The van der Waals surface area contributed by atoms with E-state index in [1.54, 1.807) is 6.92 Å². The zero-order valence-electron chi connectivity index (χ0n) is 10.9. The minimum Gasteiger partial charge on any atom is -0.313 e. The van der Waals surface area contributed by atoms with Crippen LogP contribution in [0.5, 0.6) is 0 Å². The van der Waals surface area contributed by atoms with Crippen LogP contribution in [0.4, 0.5) is 0 Å². The van der Waals surface area contributed by atoms with E-state index in [0.29, 0.717) is 12.6 Å². The van der Waals surface area contributed by atoms with Gasteiger partial charge in [0.05, 0.1) is 6.07 Å². The fraction of sp³-hybridized carbons (Fsp3) is 0.923. The Balaban J connectivity index is 2.39. The summed E-state index contributed by atoms with van der Waals surface area (Å²) in [5, 5.41) is 8.92. The van der Waals surface area contributed by atoms with Crippen LogP contribution >= 0.6 is 0 Å². The first-order valence-electron chi connectivity index (χ1n) is 6.39. The molecule has 0 heterocycles. The Kier molecular flexibility index (Phi) is 4.76. The smallest absolute Gasteiger partial charge is 0.114 e. The van der Waals surface area contributed by atoms with Gasteiger partial charge in [0.2, 0.25) is 0 Å². The highest BCUT2D eigenvalue weighted by molar-refractivity contribution is 5.03. The molecule has 0 saturated heterocycles. The first-order chi connectivity index (χ1) is 7.48. The zero-order chi connectivity index (χ0) is 12.2. The molecule has 1 unspecified atom stereocenters. The number of nitrogens with two attached hydrogens (primary N) is 1. The van der Waals surface area contributed by atoms with E-state index in [-0.39, 0.29) is 0 Å². The fourth-order valence-corrected chi connectivity index (χ4v) is 2.68. The Bertz CT molecular complexity index is 246. The highest BCUT2D eigenvalue weighted by Gasteiger charge is 2.27. The van der Waals surface area contributed by atoms with Gasteiger partial charge in [0.1, 0.15) is 5.54 Å². The minimum absolute atomic E-state index is 0.624. The fourth-order valence-electron chi connectivity index (χ4n) is 2.68. The van der Waals surface area contributed by atoms with Crippen molar-refractivity contribution < 1.29 is 0 Å². The molecule has 0 radical (unpaired) electrons. The number of hydrogen-bond donors (Lipinski definition) is 1.